The molecule has 83 valence electrons. The maximum Gasteiger partial charge on any atom is 0.119 e. The topological polar surface area (TPSA) is 9.23 Å². The first-order chi connectivity index (χ1) is 7.06. The Morgan fingerprint density at radius 3 is 2.40 bits per heavy atom. The first-order valence-electron chi connectivity index (χ1n) is 5.63. The van der Waals surface area contributed by atoms with E-state index in [1.807, 2.05) is 6.92 Å². The van der Waals surface area contributed by atoms with Crippen LogP contribution in [0.5, 0.6) is 5.75 Å². The van der Waals surface area contributed by atoms with E-state index in [1.165, 1.54) is 17.0 Å². The fraction of sp³-hybridized carbons (Fsp3) is 0.500. The molecule has 0 spiro atoms. The molecule has 1 rings (SSSR count). The highest BCUT2D eigenvalue weighted by molar-refractivity contribution is 5.44. The lowest BCUT2D eigenvalue weighted by Gasteiger charge is -2.16. The van der Waals surface area contributed by atoms with Gasteiger partial charge in [-0.3, -0.25) is 0 Å². The fourth-order valence-corrected chi connectivity index (χ4v) is 1.73. The van der Waals surface area contributed by atoms with Gasteiger partial charge in [0, 0.05) is 0 Å². The molecule has 1 nitrogen and oxygen atoms in total. The molecule has 0 unspecified atom stereocenters. The van der Waals surface area contributed by atoms with Crippen LogP contribution >= 0.6 is 0 Å². The zero-order chi connectivity index (χ0) is 11.4. The van der Waals surface area contributed by atoms with Gasteiger partial charge in [0.25, 0.3) is 0 Å². The third-order valence-electron chi connectivity index (χ3n) is 2.50. The number of benzene rings is 1. The normalized spacial score (nSPS) is 11.1. The molecule has 0 atom stereocenters. The first-order valence-corrected chi connectivity index (χ1v) is 5.63. The maximum atomic E-state index is 5.52. The smallest absolute Gasteiger partial charge is 0.119 e. The van der Waals surface area contributed by atoms with Crippen molar-refractivity contribution in [3.63, 3.8) is 0 Å². The predicted octanol–water partition coefficient (Wildman–Crippen LogP) is 4.17. The maximum absolute atomic E-state index is 5.52. The molecule has 0 fully saturated rings. The molecule has 1 aromatic rings. The van der Waals surface area contributed by atoms with Crippen LogP contribution in [0.15, 0.2) is 18.2 Å². The Balaban J connectivity index is 3.09. The molecule has 1 radical (unpaired) electrons. The summed E-state index contributed by atoms with van der Waals surface area (Å²) in [4.78, 5) is 0. The molecule has 0 aliphatic carbocycles. The van der Waals surface area contributed by atoms with Crippen LogP contribution in [0.25, 0.3) is 0 Å². The Kier molecular flexibility index (Phi) is 4.19. The van der Waals surface area contributed by atoms with E-state index in [0.29, 0.717) is 5.92 Å². The van der Waals surface area contributed by atoms with Gasteiger partial charge in [-0.25, -0.2) is 0 Å². The molecule has 0 saturated carbocycles. The summed E-state index contributed by atoms with van der Waals surface area (Å²) in [7, 11) is 0. The first kappa shape index (κ1) is 12.1. The van der Waals surface area contributed by atoms with E-state index in [1.54, 1.807) is 0 Å². The van der Waals surface area contributed by atoms with E-state index < -0.39 is 0 Å². The molecule has 0 saturated heterocycles. The minimum Gasteiger partial charge on any atom is -0.494 e. The molecule has 1 aromatic carbocycles. The summed E-state index contributed by atoms with van der Waals surface area (Å²) in [6, 6.07) is 6.39. The molecule has 1 heteroatoms. The van der Waals surface area contributed by atoms with Crippen LogP contribution in [0.2, 0.25) is 0 Å². The van der Waals surface area contributed by atoms with E-state index in [0.717, 1.165) is 12.4 Å². The molecular weight excluding hydrogens is 184 g/mol. The standard InChI is InChI=1S/C14H21O/c1-6-15-12-7-8-13(10(2)3)14(9-12)11(4)5/h7-10H,6H2,1-5H3. The average molecular weight is 205 g/mol. The summed E-state index contributed by atoms with van der Waals surface area (Å²) in [5.74, 6) is 2.88. The molecule has 0 amide bonds. The molecular formula is C14H21O. The number of hydrogen-bond acceptors (Lipinski definition) is 1. The van der Waals surface area contributed by atoms with Gasteiger partial charge in [-0.15, -0.1) is 0 Å². The molecule has 0 N–H and O–H groups in total. The van der Waals surface area contributed by atoms with Crippen molar-refractivity contribution in [2.24, 2.45) is 0 Å². The van der Waals surface area contributed by atoms with Gasteiger partial charge in [0.15, 0.2) is 0 Å². The van der Waals surface area contributed by atoms with E-state index in [-0.39, 0.29) is 0 Å². The quantitative estimate of drug-likeness (QED) is 0.716. The predicted molar refractivity (Wildman–Crippen MR) is 65.4 cm³/mol. The summed E-state index contributed by atoms with van der Waals surface area (Å²) in [5, 5.41) is 0. The Bertz CT molecular complexity index is 313. The van der Waals surface area contributed by atoms with Crippen molar-refractivity contribution in [2.45, 2.75) is 40.5 Å². The van der Waals surface area contributed by atoms with Crippen molar-refractivity contribution >= 4 is 0 Å². The van der Waals surface area contributed by atoms with Crippen molar-refractivity contribution < 1.29 is 4.74 Å². The van der Waals surface area contributed by atoms with E-state index >= 15 is 0 Å². The number of hydrogen-bond donors (Lipinski definition) is 0. The van der Waals surface area contributed by atoms with Gasteiger partial charge in [0.1, 0.15) is 5.75 Å². The minimum atomic E-state index is 0.561. The molecule has 15 heavy (non-hydrogen) atoms. The van der Waals surface area contributed by atoms with Crippen molar-refractivity contribution in [1.82, 2.24) is 0 Å². The Morgan fingerprint density at radius 2 is 1.93 bits per heavy atom. The summed E-state index contributed by atoms with van der Waals surface area (Å²) in [6.07, 6.45) is 0. The number of rotatable bonds is 4. The van der Waals surface area contributed by atoms with Crippen molar-refractivity contribution in [2.75, 3.05) is 6.61 Å². The molecule has 0 aliphatic rings. The Labute approximate surface area is 93.5 Å². The van der Waals surface area contributed by atoms with E-state index in [2.05, 4.69) is 45.9 Å². The average Bonchev–Trinajstić information content (AvgIpc) is 2.17. The number of ether oxygens (including phenoxy) is 1. The highest BCUT2D eigenvalue weighted by atomic mass is 16.5. The molecule has 0 bridgehead atoms. The summed E-state index contributed by atoms with van der Waals surface area (Å²) < 4.78 is 5.52. The lowest BCUT2D eigenvalue weighted by molar-refractivity contribution is 0.340. The fourth-order valence-electron chi connectivity index (χ4n) is 1.73. The van der Waals surface area contributed by atoms with Crippen LogP contribution in [0.4, 0.5) is 0 Å². The second-order valence-corrected chi connectivity index (χ2v) is 4.34. The Morgan fingerprint density at radius 1 is 1.27 bits per heavy atom. The van der Waals surface area contributed by atoms with Gasteiger partial charge in [-0.05, 0) is 42.0 Å². The highest BCUT2D eigenvalue weighted by Crippen LogP contribution is 2.29. The van der Waals surface area contributed by atoms with E-state index in [4.69, 9.17) is 4.74 Å². The lowest BCUT2D eigenvalue weighted by Crippen LogP contribution is -2.01. The second-order valence-electron chi connectivity index (χ2n) is 4.34. The molecule has 0 aromatic heterocycles. The molecule has 0 aliphatic heterocycles. The zero-order valence-electron chi connectivity index (χ0n) is 10.4. The SMILES string of the molecule is CCOc1ccc(C(C)C)c([C](C)C)c1. The Hall–Kier alpha value is -0.980. The van der Waals surface area contributed by atoms with E-state index in [9.17, 15) is 0 Å². The van der Waals surface area contributed by atoms with Gasteiger partial charge in [0.2, 0.25) is 0 Å². The van der Waals surface area contributed by atoms with Crippen LogP contribution < -0.4 is 4.74 Å². The van der Waals surface area contributed by atoms with Gasteiger partial charge in [0.05, 0.1) is 6.61 Å². The van der Waals surface area contributed by atoms with Gasteiger partial charge >= 0.3 is 0 Å². The van der Waals surface area contributed by atoms with Crippen LogP contribution in [0, 0.1) is 5.92 Å². The van der Waals surface area contributed by atoms with Gasteiger partial charge < -0.3 is 4.74 Å². The van der Waals surface area contributed by atoms with Crippen LogP contribution in [-0.4, -0.2) is 6.61 Å². The third-order valence-corrected chi connectivity index (χ3v) is 2.50. The summed E-state index contributed by atoms with van der Waals surface area (Å²) in [6.45, 7) is 11.5. The summed E-state index contributed by atoms with van der Waals surface area (Å²) >= 11 is 0. The highest BCUT2D eigenvalue weighted by Gasteiger charge is 2.11. The lowest BCUT2D eigenvalue weighted by atomic mass is 9.90. The molecule has 0 heterocycles. The second kappa shape index (κ2) is 5.20. The van der Waals surface area contributed by atoms with Crippen molar-refractivity contribution in [1.29, 1.82) is 0 Å². The van der Waals surface area contributed by atoms with Gasteiger partial charge in [-0.2, -0.15) is 0 Å². The van der Waals surface area contributed by atoms with Gasteiger partial charge in [-0.1, -0.05) is 33.8 Å². The van der Waals surface area contributed by atoms with Crippen molar-refractivity contribution in [3.05, 3.63) is 35.2 Å². The van der Waals surface area contributed by atoms with Crippen LogP contribution in [0.3, 0.4) is 0 Å². The largest absolute Gasteiger partial charge is 0.494 e. The summed E-state index contributed by atoms with van der Waals surface area (Å²) in [5.41, 5.74) is 2.73. The monoisotopic (exact) mass is 205 g/mol. The van der Waals surface area contributed by atoms with Crippen LogP contribution in [-0.2, 0) is 0 Å². The minimum absolute atomic E-state index is 0.561. The van der Waals surface area contributed by atoms with Crippen molar-refractivity contribution in [3.8, 4) is 5.75 Å². The van der Waals surface area contributed by atoms with Crippen LogP contribution in [0.1, 0.15) is 51.7 Å². The zero-order valence-corrected chi connectivity index (χ0v) is 10.4. The third kappa shape index (κ3) is 2.98.